The van der Waals surface area contributed by atoms with Crippen LogP contribution in [0.4, 0.5) is 0 Å². The monoisotopic (exact) mass is 300 g/mol. The van der Waals surface area contributed by atoms with Crippen molar-refractivity contribution in [2.24, 2.45) is 0 Å². The molecule has 4 nitrogen and oxygen atoms in total. The summed E-state index contributed by atoms with van der Waals surface area (Å²) >= 11 is 0. The maximum atomic E-state index is 9.78. The van der Waals surface area contributed by atoms with Crippen LogP contribution in [-0.4, -0.2) is 26.4 Å². The third kappa shape index (κ3) is 3.34. The van der Waals surface area contributed by atoms with Crippen LogP contribution in [0.2, 0.25) is 0 Å². The smallest absolute Gasteiger partial charge is 0.203 e. The highest BCUT2D eigenvalue weighted by molar-refractivity contribution is 5.59. The van der Waals surface area contributed by atoms with E-state index in [-0.39, 0.29) is 5.75 Å². The highest BCUT2D eigenvalue weighted by Gasteiger charge is 2.13. The molecule has 2 aromatic carbocycles. The summed E-state index contributed by atoms with van der Waals surface area (Å²) in [5, 5.41) is 9.78. The number of ether oxygens (including phenoxy) is 3. The molecule has 0 fully saturated rings. The van der Waals surface area contributed by atoms with Crippen LogP contribution in [0.1, 0.15) is 11.1 Å². The first kappa shape index (κ1) is 15.8. The van der Waals surface area contributed by atoms with Crippen LogP contribution >= 0.6 is 0 Å². The second-order valence-electron chi connectivity index (χ2n) is 4.66. The Bertz CT molecular complexity index is 662. The first-order chi connectivity index (χ1) is 10.7. The third-order valence-corrected chi connectivity index (χ3v) is 3.36. The molecule has 2 rings (SSSR count). The lowest BCUT2D eigenvalue weighted by Crippen LogP contribution is -1.95. The molecular weight excluding hydrogens is 280 g/mol. The molecular formula is C18H20O4. The van der Waals surface area contributed by atoms with Gasteiger partial charge >= 0.3 is 0 Å². The van der Waals surface area contributed by atoms with E-state index in [4.69, 9.17) is 14.2 Å². The zero-order valence-corrected chi connectivity index (χ0v) is 13.0. The largest absolute Gasteiger partial charge is 0.504 e. The lowest BCUT2D eigenvalue weighted by atomic mass is 10.1. The van der Waals surface area contributed by atoms with Crippen molar-refractivity contribution in [2.45, 2.75) is 6.42 Å². The molecule has 0 aliphatic rings. The first-order valence-corrected chi connectivity index (χ1v) is 6.93. The number of para-hydroxylation sites is 1. The fourth-order valence-corrected chi connectivity index (χ4v) is 2.29. The fourth-order valence-electron chi connectivity index (χ4n) is 2.29. The van der Waals surface area contributed by atoms with Gasteiger partial charge in [0.2, 0.25) is 5.75 Å². The molecule has 4 heteroatoms. The van der Waals surface area contributed by atoms with Crippen molar-refractivity contribution in [1.82, 2.24) is 0 Å². The number of allylic oxidation sites excluding steroid dienone is 1. The minimum atomic E-state index is 0.0665. The number of hydrogen-bond donors (Lipinski definition) is 1. The van der Waals surface area contributed by atoms with E-state index >= 15 is 0 Å². The van der Waals surface area contributed by atoms with Gasteiger partial charge in [-0.05, 0) is 18.6 Å². The minimum Gasteiger partial charge on any atom is -0.504 e. The van der Waals surface area contributed by atoms with Gasteiger partial charge in [-0.15, -0.1) is 0 Å². The average Bonchev–Trinajstić information content (AvgIpc) is 2.56. The SMILES string of the molecule is COc1ccccc1/C=C\Cc1ccc(O)c(OC)c1OC. The van der Waals surface area contributed by atoms with Crippen LogP contribution in [0.15, 0.2) is 42.5 Å². The van der Waals surface area contributed by atoms with Crippen LogP contribution in [0.5, 0.6) is 23.0 Å². The van der Waals surface area contributed by atoms with Gasteiger partial charge in [0, 0.05) is 11.1 Å². The minimum absolute atomic E-state index is 0.0665. The summed E-state index contributed by atoms with van der Waals surface area (Å²) in [6, 6.07) is 11.2. The Labute approximate surface area is 130 Å². The van der Waals surface area contributed by atoms with E-state index in [2.05, 4.69) is 0 Å². The van der Waals surface area contributed by atoms with E-state index in [1.165, 1.54) is 7.11 Å². The van der Waals surface area contributed by atoms with Gasteiger partial charge in [-0.1, -0.05) is 36.4 Å². The van der Waals surface area contributed by atoms with E-state index in [9.17, 15) is 5.11 Å². The molecule has 0 saturated carbocycles. The number of phenolic OH excluding ortho intramolecular Hbond substituents is 1. The number of methoxy groups -OCH3 is 3. The summed E-state index contributed by atoms with van der Waals surface area (Å²) in [4.78, 5) is 0. The number of phenols is 1. The van der Waals surface area contributed by atoms with Crippen molar-refractivity contribution in [3.63, 3.8) is 0 Å². The molecule has 0 unspecified atom stereocenters. The molecule has 0 amide bonds. The van der Waals surface area contributed by atoms with Crippen molar-refractivity contribution in [1.29, 1.82) is 0 Å². The van der Waals surface area contributed by atoms with E-state index in [0.717, 1.165) is 16.9 Å². The van der Waals surface area contributed by atoms with Gasteiger partial charge in [0.25, 0.3) is 0 Å². The zero-order chi connectivity index (χ0) is 15.9. The van der Waals surface area contributed by atoms with Gasteiger partial charge < -0.3 is 19.3 Å². The van der Waals surface area contributed by atoms with Gasteiger partial charge in [-0.2, -0.15) is 0 Å². The Morgan fingerprint density at radius 1 is 0.909 bits per heavy atom. The fraction of sp³-hybridized carbons (Fsp3) is 0.222. The molecule has 0 bridgehead atoms. The molecule has 116 valence electrons. The summed E-state index contributed by atoms with van der Waals surface area (Å²) in [5.41, 5.74) is 1.94. The second-order valence-corrected chi connectivity index (χ2v) is 4.66. The normalized spacial score (nSPS) is 10.7. The van der Waals surface area contributed by atoms with Crippen LogP contribution in [0.25, 0.3) is 6.08 Å². The molecule has 0 radical (unpaired) electrons. The maximum absolute atomic E-state index is 9.78. The van der Waals surface area contributed by atoms with Gasteiger partial charge in [0.1, 0.15) is 5.75 Å². The van der Waals surface area contributed by atoms with E-state index in [0.29, 0.717) is 17.9 Å². The highest BCUT2D eigenvalue weighted by Crippen LogP contribution is 2.39. The molecule has 0 aliphatic heterocycles. The Morgan fingerprint density at radius 3 is 2.32 bits per heavy atom. The van der Waals surface area contributed by atoms with Gasteiger partial charge in [-0.25, -0.2) is 0 Å². The summed E-state index contributed by atoms with van der Waals surface area (Å²) in [6.45, 7) is 0. The van der Waals surface area contributed by atoms with Crippen LogP contribution in [0.3, 0.4) is 0 Å². The lowest BCUT2D eigenvalue weighted by molar-refractivity contribution is 0.331. The maximum Gasteiger partial charge on any atom is 0.203 e. The molecule has 0 spiro atoms. The number of benzene rings is 2. The Kier molecular flexibility index (Phi) is 5.31. The molecule has 1 N–H and O–H groups in total. The predicted octanol–water partition coefficient (Wildman–Crippen LogP) is 3.67. The molecule has 0 saturated heterocycles. The van der Waals surface area contributed by atoms with Crippen molar-refractivity contribution < 1.29 is 19.3 Å². The first-order valence-electron chi connectivity index (χ1n) is 6.93. The Morgan fingerprint density at radius 2 is 1.64 bits per heavy atom. The standard InChI is InChI=1S/C18H20O4/c1-20-16-10-5-4-7-13(16)8-6-9-14-11-12-15(19)18(22-3)17(14)21-2/h4-8,10-12,19H,9H2,1-3H3/b8-6-. The summed E-state index contributed by atoms with van der Waals surface area (Å²) in [5.74, 6) is 1.80. The second kappa shape index (κ2) is 7.41. The molecule has 2 aromatic rings. The van der Waals surface area contributed by atoms with Gasteiger partial charge in [0.05, 0.1) is 21.3 Å². The number of aromatic hydroxyl groups is 1. The molecule has 0 aromatic heterocycles. The average molecular weight is 300 g/mol. The van der Waals surface area contributed by atoms with E-state index in [1.54, 1.807) is 20.3 Å². The topological polar surface area (TPSA) is 47.9 Å². The van der Waals surface area contributed by atoms with E-state index < -0.39 is 0 Å². The van der Waals surface area contributed by atoms with Crippen molar-refractivity contribution in [2.75, 3.05) is 21.3 Å². The third-order valence-electron chi connectivity index (χ3n) is 3.36. The van der Waals surface area contributed by atoms with Crippen molar-refractivity contribution >= 4 is 6.08 Å². The number of rotatable bonds is 6. The Hall–Kier alpha value is -2.62. The molecule has 0 atom stereocenters. The molecule has 0 aliphatic carbocycles. The molecule has 0 heterocycles. The van der Waals surface area contributed by atoms with Crippen LogP contribution in [-0.2, 0) is 6.42 Å². The predicted molar refractivity (Wildman–Crippen MR) is 86.9 cm³/mol. The summed E-state index contributed by atoms with van der Waals surface area (Å²) in [7, 11) is 4.72. The van der Waals surface area contributed by atoms with Gasteiger partial charge in [-0.3, -0.25) is 0 Å². The Balaban J connectivity index is 2.23. The van der Waals surface area contributed by atoms with Crippen molar-refractivity contribution in [3.05, 3.63) is 53.6 Å². The number of hydrogen-bond acceptors (Lipinski definition) is 4. The van der Waals surface area contributed by atoms with E-state index in [1.807, 2.05) is 42.5 Å². The summed E-state index contributed by atoms with van der Waals surface area (Å²) in [6.07, 6.45) is 4.67. The highest BCUT2D eigenvalue weighted by atomic mass is 16.5. The lowest BCUT2D eigenvalue weighted by Gasteiger charge is -2.12. The van der Waals surface area contributed by atoms with Crippen LogP contribution in [0, 0.1) is 0 Å². The zero-order valence-electron chi connectivity index (χ0n) is 13.0. The molecule has 22 heavy (non-hydrogen) atoms. The van der Waals surface area contributed by atoms with Gasteiger partial charge in [0.15, 0.2) is 11.5 Å². The summed E-state index contributed by atoms with van der Waals surface area (Å²) < 4.78 is 15.9. The van der Waals surface area contributed by atoms with Crippen molar-refractivity contribution in [3.8, 4) is 23.0 Å². The van der Waals surface area contributed by atoms with Crippen LogP contribution < -0.4 is 14.2 Å². The quantitative estimate of drug-likeness (QED) is 0.884.